The molecule has 0 saturated heterocycles. The average molecular weight is 699 g/mol. The van der Waals surface area contributed by atoms with Gasteiger partial charge >= 0.3 is 11.9 Å². The number of rotatable bonds is 27. The number of esters is 2. The summed E-state index contributed by atoms with van der Waals surface area (Å²) in [5.74, 6) is 0.859. The van der Waals surface area contributed by atoms with Crippen LogP contribution in [0.5, 0.6) is 11.5 Å². The highest BCUT2D eigenvalue weighted by atomic mass is 16.5. The molecule has 0 bridgehead atoms. The Morgan fingerprint density at radius 2 is 0.760 bits per heavy atom. The van der Waals surface area contributed by atoms with Crippen LogP contribution >= 0.6 is 0 Å². The number of ether oxygens (including phenoxy) is 8. The van der Waals surface area contributed by atoms with Crippen LogP contribution in [0.15, 0.2) is 48.6 Å². The molecule has 0 aliphatic heterocycles. The van der Waals surface area contributed by atoms with Crippen molar-refractivity contribution in [2.24, 2.45) is 0 Å². The second-order valence-corrected chi connectivity index (χ2v) is 12.3. The lowest BCUT2D eigenvalue weighted by Crippen LogP contribution is -2.08. The number of unbranched alkanes of at least 4 members (excludes halogenated alkanes) is 6. The number of hydrogen-bond donors (Lipinski definition) is 0. The molecule has 10 heteroatoms. The molecule has 0 heterocycles. The first-order chi connectivity index (χ1) is 24.2. The maximum absolute atomic E-state index is 11.5. The molecule has 0 aliphatic carbocycles. The van der Waals surface area contributed by atoms with Gasteiger partial charge in [-0.2, -0.15) is 0 Å². The molecule has 0 spiro atoms. The van der Waals surface area contributed by atoms with Crippen LogP contribution in [0, 0.1) is 0 Å². The predicted octanol–water partition coefficient (Wildman–Crippen LogP) is 8.06. The van der Waals surface area contributed by atoms with Crippen LogP contribution in [0.4, 0.5) is 0 Å². The van der Waals surface area contributed by atoms with Gasteiger partial charge in [0.25, 0.3) is 0 Å². The lowest BCUT2D eigenvalue weighted by Gasteiger charge is -2.20. The SMILES string of the molecule is C=C(C)C(=O)OCCCCCCOc1c(COC)cc(-c2cc(COC)c(OCCCCCCOC(=O)C(=C)C)c(COC)c2)cc1COC. The van der Waals surface area contributed by atoms with Gasteiger partial charge < -0.3 is 37.9 Å². The Kier molecular flexibility index (Phi) is 20.8. The number of methoxy groups -OCH3 is 4. The number of carbonyl (C=O) groups is 2. The second-order valence-electron chi connectivity index (χ2n) is 12.3. The van der Waals surface area contributed by atoms with Gasteiger partial charge in [0, 0.05) is 61.8 Å². The van der Waals surface area contributed by atoms with Gasteiger partial charge in [0.2, 0.25) is 0 Å². The zero-order chi connectivity index (χ0) is 36.7. The molecule has 50 heavy (non-hydrogen) atoms. The van der Waals surface area contributed by atoms with Gasteiger partial charge in [-0.15, -0.1) is 0 Å². The predicted molar refractivity (Wildman–Crippen MR) is 194 cm³/mol. The molecule has 0 saturated carbocycles. The average Bonchev–Trinajstić information content (AvgIpc) is 3.08. The smallest absolute Gasteiger partial charge is 0.333 e. The molecule has 0 amide bonds. The first-order valence-corrected chi connectivity index (χ1v) is 17.3. The van der Waals surface area contributed by atoms with E-state index in [1.165, 1.54) is 0 Å². The van der Waals surface area contributed by atoms with Gasteiger partial charge in [0.1, 0.15) is 11.5 Å². The van der Waals surface area contributed by atoms with Gasteiger partial charge in [-0.05, 0) is 101 Å². The second kappa shape index (κ2) is 24.4. The zero-order valence-electron chi connectivity index (χ0n) is 31.1. The summed E-state index contributed by atoms with van der Waals surface area (Å²) in [5.41, 5.74) is 6.54. The third kappa shape index (κ3) is 15.0. The van der Waals surface area contributed by atoms with Crippen molar-refractivity contribution in [2.75, 3.05) is 54.9 Å². The summed E-state index contributed by atoms with van der Waals surface area (Å²) in [6.07, 6.45) is 7.10. The van der Waals surface area contributed by atoms with Gasteiger partial charge in [-0.3, -0.25) is 0 Å². The highest BCUT2D eigenvalue weighted by Crippen LogP contribution is 2.37. The minimum atomic E-state index is -0.345. The molecule has 0 fully saturated rings. The molecular formula is C40H58O10. The summed E-state index contributed by atoms with van der Waals surface area (Å²) in [4.78, 5) is 23.1. The lowest BCUT2D eigenvalue weighted by molar-refractivity contribution is -0.139. The van der Waals surface area contributed by atoms with Crippen LogP contribution in [-0.4, -0.2) is 66.8 Å². The topological polar surface area (TPSA) is 108 Å². The lowest BCUT2D eigenvalue weighted by atomic mass is 9.95. The van der Waals surface area contributed by atoms with E-state index in [0.29, 0.717) is 64.0 Å². The van der Waals surface area contributed by atoms with Gasteiger partial charge in [0.05, 0.1) is 52.9 Å². The van der Waals surface area contributed by atoms with E-state index < -0.39 is 0 Å². The Labute approximate surface area is 299 Å². The quantitative estimate of drug-likeness (QED) is 0.0517. The normalized spacial score (nSPS) is 10.9. The third-order valence-corrected chi connectivity index (χ3v) is 7.75. The van der Waals surface area contributed by atoms with Crippen molar-refractivity contribution >= 4 is 11.9 Å². The van der Waals surface area contributed by atoms with Crippen LogP contribution in [0.1, 0.15) is 87.5 Å². The van der Waals surface area contributed by atoms with E-state index in [-0.39, 0.29) is 11.9 Å². The Morgan fingerprint density at radius 1 is 0.480 bits per heavy atom. The first kappa shape index (κ1) is 42.5. The molecular weight excluding hydrogens is 640 g/mol. The maximum Gasteiger partial charge on any atom is 0.333 e. The fourth-order valence-corrected chi connectivity index (χ4v) is 5.30. The molecule has 2 rings (SSSR count). The van der Waals surface area contributed by atoms with Crippen molar-refractivity contribution in [3.05, 3.63) is 70.8 Å². The zero-order valence-corrected chi connectivity index (χ0v) is 31.1. The molecule has 0 aliphatic rings. The molecule has 0 aromatic heterocycles. The fraction of sp³-hybridized carbons (Fsp3) is 0.550. The summed E-state index contributed by atoms with van der Waals surface area (Å²) in [6, 6.07) is 8.41. The highest BCUT2D eigenvalue weighted by Gasteiger charge is 2.18. The Bertz CT molecular complexity index is 1210. The van der Waals surface area contributed by atoms with Crippen LogP contribution in [-0.2, 0) is 64.4 Å². The third-order valence-electron chi connectivity index (χ3n) is 7.75. The van der Waals surface area contributed by atoms with Gasteiger partial charge in [-0.1, -0.05) is 13.2 Å². The Morgan fingerprint density at radius 3 is 1.02 bits per heavy atom. The van der Waals surface area contributed by atoms with E-state index in [0.717, 1.165) is 96.2 Å². The van der Waals surface area contributed by atoms with Crippen LogP contribution in [0.3, 0.4) is 0 Å². The standard InChI is InChI=1S/C40H58O10/c1-29(2)39(41)49-19-15-11-9-13-17-47-37-33(25-43-5)21-31(22-34(37)26-44-6)32-23-35(27-45-7)38(36(24-32)28-46-8)48-18-14-10-12-16-20-50-40(42)30(3)4/h21-24H,1,3,9-20,25-28H2,2,4-8H3. The number of carbonyl (C=O) groups excluding carboxylic acids is 2. The van der Waals surface area contributed by atoms with Crippen LogP contribution in [0.25, 0.3) is 11.1 Å². The monoisotopic (exact) mass is 698 g/mol. The number of hydrogen-bond acceptors (Lipinski definition) is 10. The van der Waals surface area contributed by atoms with Crippen molar-refractivity contribution in [2.45, 2.75) is 91.6 Å². The van der Waals surface area contributed by atoms with Crippen LogP contribution in [0.2, 0.25) is 0 Å². The van der Waals surface area contributed by atoms with Crippen molar-refractivity contribution in [3.8, 4) is 22.6 Å². The van der Waals surface area contributed by atoms with Gasteiger partial charge in [-0.25, -0.2) is 9.59 Å². The molecule has 2 aromatic rings. The fourth-order valence-electron chi connectivity index (χ4n) is 5.30. The summed E-state index contributed by atoms with van der Waals surface area (Å²) in [7, 11) is 6.69. The van der Waals surface area contributed by atoms with E-state index in [4.69, 9.17) is 37.9 Å². The largest absolute Gasteiger partial charge is 0.493 e. The van der Waals surface area contributed by atoms with E-state index in [1.807, 2.05) is 0 Å². The highest BCUT2D eigenvalue weighted by molar-refractivity contribution is 5.87. The van der Waals surface area contributed by atoms with E-state index in [2.05, 4.69) is 37.4 Å². The van der Waals surface area contributed by atoms with Crippen molar-refractivity contribution in [1.82, 2.24) is 0 Å². The van der Waals surface area contributed by atoms with E-state index in [9.17, 15) is 9.59 Å². The minimum Gasteiger partial charge on any atom is -0.493 e. The Hall–Kier alpha value is -3.70. The maximum atomic E-state index is 11.5. The molecule has 0 N–H and O–H groups in total. The molecule has 0 unspecified atom stereocenters. The Balaban J connectivity index is 2.17. The van der Waals surface area contributed by atoms with Crippen LogP contribution < -0.4 is 9.47 Å². The first-order valence-electron chi connectivity index (χ1n) is 17.3. The van der Waals surface area contributed by atoms with Crippen molar-refractivity contribution in [3.63, 3.8) is 0 Å². The summed E-state index contributed by atoms with van der Waals surface area (Å²) in [6.45, 7) is 13.9. The summed E-state index contributed by atoms with van der Waals surface area (Å²) < 4.78 is 45.4. The van der Waals surface area contributed by atoms with Crippen molar-refractivity contribution in [1.29, 1.82) is 0 Å². The van der Waals surface area contributed by atoms with Gasteiger partial charge in [0.15, 0.2) is 0 Å². The summed E-state index contributed by atoms with van der Waals surface area (Å²) in [5, 5.41) is 0. The van der Waals surface area contributed by atoms with E-state index in [1.54, 1.807) is 42.3 Å². The molecule has 2 aromatic carbocycles. The minimum absolute atomic E-state index is 0.345. The number of benzene rings is 2. The molecule has 0 atom stereocenters. The molecule has 10 nitrogen and oxygen atoms in total. The van der Waals surface area contributed by atoms with Crippen molar-refractivity contribution < 1.29 is 47.5 Å². The molecule has 278 valence electrons. The molecule has 0 radical (unpaired) electrons. The van der Waals surface area contributed by atoms with E-state index >= 15 is 0 Å². The summed E-state index contributed by atoms with van der Waals surface area (Å²) >= 11 is 0.